The zero-order valence-corrected chi connectivity index (χ0v) is 14.4. The summed E-state index contributed by atoms with van der Waals surface area (Å²) in [6.45, 7) is 4.05. The molecule has 1 N–H and O–H groups in total. The highest BCUT2D eigenvalue weighted by Crippen LogP contribution is 2.26. The van der Waals surface area contributed by atoms with Crippen LogP contribution in [-0.2, 0) is 13.5 Å². The zero-order valence-electron chi connectivity index (χ0n) is 14.4. The number of amides is 1. The zero-order chi connectivity index (χ0) is 18.0. The molecule has 1 aliphatic rings. The van der Waals surface area contributed by atoms with E-state index < -0.39 is 4.92 Å². The van der Waals surface area contributed by atoms with Gasteiger partial charge in [0.1, 0.15) is 0 Å². The Balaban J connectivity index is 1.89. The maximum Gasteiger partial charge on any atom is 0.323 e. The van der Waals surface area contributed by atoms with E-state index in [1.54, 1.807) is 11.9 Å². The minimum atomic E-state index is -0.477. The number of piperazine rings is 1. The fourth-order valence-electron chi connectivity index (χ4n) is 3.27. The Bertz CT molecular complexity index is 782. The standard InChI is InChI=1S/C18H22N4O3/c1-3-13-4-6-14(7-5-13)16-12-19-10-11-21(16)18(23)15-8-9-17(20(15)2)22(24)25/h4-9,16,19H,3,10-12H2,1-2H3. The van der Waals surface area contributed by atoms with Crippen LogP contribution >= 0.6 is 0 Å². The average molecular weight is 342 g/mol. The molecule has 0 saturated carbocycles. The second-order valence-corrected chi connectivity index (χ2v) is 6.21. The first-order valence-corrected chi connectivity index (χ1v) is 8.43. The van der Waals surface area contributed by atoms with E-state index >= 15 is 0 Å². The van der Waals surface area contributed by atoms with Gasteiger partial charge in [-0.15, -0.1) is 0 Å². The molecule has 7 nitrogen and oxygen atoms in total. The molecule has 1 amide bonds. The molecule has 132 valence electrons. The molecule has 0 bridgehead atoms. The Morgan fingerprint density at radius 1 is 1.28 bits per heavy atom. The van der Waals surface area contributed by atoms with Gasteiger partial charge in [-0.2, -0.15) is 0 Å². The smallest absolute Gasteiger partial charge is 0.323 e. The van der Waals surface area contributed by atoms with Gasteiger partial charge in [0.05, 0.1) is 13.1 Å². The summed E-state index contributed by atoms with van der Waals surface area (Å²) in [7, 11) is 1.55. The van der Waals surface area contributed by atoms with Crippen molar-refractivity contribution in [2.75, 3.05) is 19.6 Å². The summed E-state index contributed by atoms with van der Waals surface area (Å²) >= 11 is 0. The first kappa shape index (κ1) is 17.2. The van der Waals surface area contributed by atoms with Gasteiger partial charge in [0.15, 0.2) is 5.69 Å². The molecule has 0 radical (unpaired) electrons. The van der Waals surface area contributed by atoms with Gasteiger partial charge in [0.2, 0.25) is 0 Å². The van der Waals surface area contributed by atoms with Crippen molar-refractivity contribution in [2.45, 2.75) is 19.4 Å². The van der Waals surface area contributed by atoms with Crippen LogP contribution in [0.2, 0.25) is 0 Å². The van der Waals surface area contributed by atoms with Crippen LogP contribution in [0.25, 0.3) is 0 Å². The molecule has 1 aliphatic heterocycles. The van der Waals surface area contributed by atoms with E-state index in [-0.39, 0.29) is 17.8 Å². The number of benzene rings is 1. The lowest BCUT2D eigenvalue weighted by Gasteiger charge is -2.36. The molecule has 0 aliphatic carbocycles. The molecule has 2 heterocycles. The monoisotopic (exact) mass is 342 g/mol. The number of aromatic nitrogens is 1. The number of hydrogen-bond donors (Lipinski definition) is 1. The van der Waals surface area contributed by atoms with Gasteiger partial charge in [-0.1, -0.05) is 31.2 Å². The molecule has 1 aromatic heterocycles. The molecular formula is C18H22N4O3. The number of aryl methyl sites for hydroxylation is 1. The molecule has 1 fully saturated rings. The highest BCUT2D eigenvalue weighted by atomic mass is 16.6. The lowest BCUT2D eigenvalue weighted by atomic mass is 10.0. The number of nitrogens with zero attached hydrogens (tertiary/aromatic N) is 3. The van der Waals surface area contributed by atoms with Crippen molar-refractivity contribution in [2.24, 2.45) is 7.05 Å². The fourth-order valence-corrected chi connectivity index (χ4v) is 3.27. The highest BCUT2D eigenvalue weighted by molar-refractivity contribution is 5.93. The molecule has 2 aromatic rings. The van der Waals surface area contributed by atoms with Crippen LogP contribution < -0.4 is 5.32 Å². The minimum Gasteiger partial charge on any atom is -0.358 e. The lowest BCUT2D eigenvalue weighted by Crippen LogP contribution is -2.49. The summed E-state index contributed by atoms with van der Waals surface area (Å²) in [6.07, 6.45) is 0.971. The van der Waals surface area contributed by atoms with Crippen LogP contribution in [0.3, 0.4) is 0 Å². The van der Waals surface area contributed by atoms with Crippen LogP contribution in [0.1, 0.15) is 34.6 Å². The number of hydrogen-bond acceptors (Lipinski definition) is 4. The Morgan fingerprint density at radius 2 is 2.00 bits per heavy atom. The van der Waals surface area contributed by atoms with Crippen molar-refractivity contribution in [1.29, 1.82) is 0 Å². The first-order chi connectivity index (χ1) is 12.0. The molecule has 25 heavy (non-hydrogen) atoms. The molecule has 1 atom stereocenters. The third-order valence-corrected chi connectivity index (χ3v) is 4.78. The van der Waals surface area contributed by atoms with Crippen LogP contribution in [-0.4, -0.2) is 39.9 Å². The Hall–Kier alpha value is -2.67. The van der Waals surface area contributed by atoms with Gasteiger partial charge < -0.3 is 20.3 Å². The largest absolute Gasteiger partial charge is 0.358 e. The summed E-state index contributed by atoms with van der Waals surface area (Å²) < 4.78 is 1.35. The van der Waals surface area contributed by atoms with Crippen LogP contribution in [0.15, 0.2) is 36.4 Å². The van der Waals surface area contributed by atoms with E-state index in [1.165, 1.54) is 22.3 Å². The molecular weight excluding hydrogens is 320 g/mol. The maximum absolute atomic E-state index is 13.0. The van der Waals surface area contributed by atoms with E-state index in [2.05, 4.69) is 36.5 Å². The summed E-state index contributed by atoms with van der Waals surface area (Å²) in [4.78, 5) is 25.4. The molecule has 3 rings (SSSR count). The second-order valence-electron chi connectivity index (χ2n) is 6.21. The SMILES string of the molecule is CCc1ccc(C2CNCCN2C(=O)c2ccc([N+](=O)[O-])n2C)cc1. The number of carbonyl (C=O) groups is 1. The van der Waals surface area contributed by atoms with E-state index in [4.69, 9.17) is 0 Å². The average Bonchev–Trinajstić information content (AvgIpc) is 3.03. The van der Waals surface area contributed by atoms with Crippen LogP contribution in [0.5, 0.6) is 0 Å². The van der Waals surface area contributed by atoms with Crippen LogP contribution in [0.4, 0.5) is 5.82 Å². The Kier molecular flexibility index (Phi) is 4.85. The normalized spacial score (nSPS) is 17.5. The maximum atomic E-state index is 13.0. The van der Waals surface area contributed by atoms with Crippen molar-refractivity contribution in [3.63, 3.8) is 0 Å². The topological polar surface area (TPSA) is 80.4 Å². The number of carbonyl (C=O) groups excluding carboxylic acids is 1. The predicted octanol–water partition coefficient (Wildman–Crippen LogP) is 2.28. The quantitative estimate of drug-likeness (QED) is 0.683. The summed E-state index contributed by atoms with van der Waals surface area (Å²) in [5.74, 6) is -0.260. The Labute approximate surface area is 146 Å². The second kappa shape index (κ2) is 7.06. The number of rotatable bonds is 4. The Morgan fingerprint density at radius 3 is 2.60 bits per heavy atom. The summed E-state index contributed by atoms with van der Waals surface area (Å²) in [5.41, 5.74) is 2.66. The number of nitrogens with one attached hydrogen (secondary N) is 1. The van der Waals surface area contributed by atoms with E-state index in [1.807, 2.05) is 0 Å². The van der Waals surface area contributed by atoms with Crippen molar-refractivity contribution in [3.05, 3.63) is 63.3 Å². The van der Waals surface area contributed by atoms with Crippen molar-refractivity contribution < 1.29 is 9.72 Å². The lowest BCUT2D eigenvalue weighted by molar-refractivity contribution is -0.391. The number of nitro groups is 1. The third kappa shape index (κ3) is 3.28. The molecule has 1 saturated heterocycles. The summed E-state index contributed by atoms with van der Waals surface area (Å²) in [6, 6.07) is 11.1. The molecule has 1 aromatic carbocycles. The van der Waals surface area contributed by atoms with Crippen molar-refractivity contribution in [1.82, 2.24) is 14.8 Å². The van der Waals surface area contributed by atoms with Gasteiger partial charge in [-0.3, -0.25) is 4.79 Å². The molecule has 7 heteroatoms. The van der Waals surface area contributed by atoms with E-state index in [0.717, 1.165) is 12.0 Å². The van der Waals surface area contributed by atoms with Crippen molar-refractivity contribution in [3.8, 4) is 0 Å². The van der Waals surface area contributed by atoms with Crippen molar-refractivity contribution >= 4 is 11.7 Å². The van der Waals surface area contributed by atoms with Crippen LogP contribution in [0, 0.1) is 10.1 Å². The molecule has 1 unspecified atom stereocenters. The predicted molar refractivity (Wildman–Crippen MR) is 94.5 cm³/mol. The van der Waals surface area contributed by atoms with Gasteiger partial charge in [0, 0.05) is 25.7 Å². The first-order valence-electron chi connectivity index (χ1n) is 8.43. The van der Waals surface area contributed by atoms with Gasteiger partial charge in [0.25, 0.3) is 5.91 Å². The van der Waals surface area contributed by atoms with Gasteiger partial charge in [-0.05, 0) is 28.5 Å². The molecule has 0 spiro atoms. The summed E-state index contributed by atoms with van der Waals surface area (Å²) in [5, 5.41) is 14.4. The highest BCUT2D eigenvalue weighted by Gasteiger charge is 2.32. The van der Waals surface area contributed by atoms with E-state index in [9.17, 15) is 14.9 Å². The minimum absolute atomic E-state index is 0.0812. The fraction of sp³-hybridized carbons (Fsp3) is 0.389. The van der Waals surface area contributed by atoms with Gasteiger partial charge >= 0.3 is 5.82 Å². The third-order valence-electron chi connectivity index (χ3n) is 4.78. The van der Waals surface area contributed by atoms with Gasteiger partial charge in [-0.25, -0.2) is 4.57 Å². The van der Waals surface area contributed by atoms with E-state index in [0.29, 0.717) is 25.3 Å².